The molecule has 1 aliphatic heterocycles. The van der Waals surface area contributed by atoms with Gasteiger partial charge in [0.25, 0.3) is 0 Å². The lowest BCUT2D eigenvalue weighted by atomic mass is 10.1. The first kappa shape index (κ1) is 11.0. The molecule has 0 radical (unpaired) electrons. The Morgan fingerprint density at radius 1 is 0.769 bits per heavy atom. The number of hydrogen-bond acceptors (Lipinski definition) is 2. The summed E-state index contributed by atoms with van der Waals surface area (Å²) in [6.45, 7) is 0.846. The number of thiocarbonyl (C=S) groups is 1. The molecule has 1 heterocycles. The molecule has 1 aliphatic rings. The van der Waals surface area contributed by atoms with E-state index >= 15 is 0 Å². The van der Waals surface area contributed by atoms with Crippen LogP contribution in [0.1, 0.15) is 57.8 Å². The summed E-state index contributed by atoms with van der Waals surface area (Å²) in [6.07, 6.45) is 11.6. The van der Waals surface area contributed by atoms with Gasteiger partial charge in [-0.1, -0.05) is 38.5 Å². The zero-order valence-electron chi connectivity index (χ0n) is 8.39. The van der Waals surface area contributed by atoms with E-state index < -0.39 is 0 Å². The third kappa shape index (κ3) is 6.03. The van der Waals surface area contributed by atoms with Crippen LogP contribution in [-0.2, 0) is 4.74 Å². The number of hydrogen-bond donors (Lipinski definition) is 0. The molecule has 0 aromatic heterocycles. The minimum atomic E-state index is 0.834. The first-order chi connectivity index (χ1) is 6.39. The van der Waals surface area contributed by atoms with Gasteiger partial charge in [-0.3, -0.25) is 0 Å². The Labute approximate surface area is 86.9 Å². The second-order valence-electron chi connectivity index (χ2n) is 3.80. The third-order valence-electron chi connectivity index (χ3n) is 2.54. The van der Waals surface area contributed by atoms with Crippen LogP contribution in [0, 0.1) is 0 Å². The zero-order chi connectivity index (χ0) is 9.36. The molecule has 13 heavy (non-hydrogen) atoms. The average Bonchev–Trinajstić information content (AvgIpc) is 2.11. The first-order valence-electron chi connectivity index (χ1n) is 5.55. The lowest BCUT2D eigenvalue weighted by Gasteiger charge is -2.09. The van der Waals surface area contributed by atoms with Crippen LogP contribution >= 0.6 is 12.2 Å². The fourth-order valence-electron chi connectivity index (χ4n) is 1.69. The maximum Gasteiger partial charge on any atom is 0.159 e. The Bertz CT molecular complexity index is 131. The predicted octanol–water partition coefficient (Wildman–Crippen LogP) is 3.85. The van der Waals surface area contributed by atoms with Gasteiger partial charge >= 0.3 is 0 Å². The van der Waals surface area contributed by atoms with E-state index in [-0.39, 0.29) is 0 Å². The van der Waals surface area contributed by atoms with Crippen LogP contribution in [0.3, 0.4) is 0 Å². The highest BCUT2D eigenvalue weighted by Crippen LogP contribution is 2.12. The van der Waals surface area contributed by atoms with Crippen molar-refractivity contribution in [1.82, 2.24) is 0 Å². The summed E-state index contributed by atoms with van der Waals surface area (Å²) < 4.78 is 5.45. The normalized spacial score (nSPS) is 22.6. The summed E-state index contributed by atoms with van der Waals surface area (Å²) in [4.78, 5) is 0. The van der Waals surface area contributed by atoms with Gasteiger partial charge in [-0.05, 0) is 25.1 Å². The monoisotopic (exact) mass is 200 g/mol. The Hall–Kier alpha value is -0.110. The highest BCUT2D eigenvalue weighted by molar-refractivity contribution is 7.80. The van der Waals surface area contributed by atoms with Crippen LogP contribution in [0.5, 0.6) is 0 Å². The van der Waals surface area contributed by atoms with Gasteiger partial charge < -0.3 is 4.74 Å². The van der Waals surface area contributed by atoms with Crippen molar-refractivity contribution >= 4 is 17.3 Å². The van der Waals surface area contributed by atoms with Crippen LogP contribution in [0.15, 0.2) is 0 Å². The Kier molecular flexibility index (Phi) is 6.17. The Balaban J connectivity index is 2.14. The molecule has 0 aromatic carbocycles. The van der Waals surface area contributed by atoms with Crippen LogP contribution in [0.25, 0.3) is 0 Å². The van der Waals surface area contributed by atoms with Crippen molar-refractivity contribution in [2.24, 2.45) is 0 Å². The molecule has 0 amide bonds. The van der Waals surface area contributed by atoms with Crippen LogP contribution in [0.2, 0.25) is 0 Å². The fraction of sp³-hybridized carbons (Fsp3) is 0.909. The summed E-state index contributed by atoms with van der Waals surface area (Å²) in [7, 11) is 0. The van der Waals surface area contributed by atoms with Crippen molar-refractivity contribution in [1.29, 1.82) is 0 Å². The van der Waals surface area contributed by atoms with E-state index in [2.05, 4.69) is 0 Å². The number of ether oxygens (including phenoxy) is 1. The van der Waals surface area contributed by atoms with E-state index in [0.29, 0.717) is 0 Å². The molecule has 1 saturated heterocycles. The van der Waals surface area contributed by atoms with Gasteiger partial charge in [0.05, 0.1) is 6.61 Å². The quantitative estimate of drug-likeness (QED) is 0.549. The van der Waals surface area contributed by atoms with Gasteiger partial charge in [-0.15, -0.1) is 0 Å². The van der Waals surface area contributed by atoms with E-state index in [4.69, 9.17) is 17.0 Å². The van der Waals surface area contributed by atoms with Gasteiger partial charge in [0.2, 0.25) is 0 Å². The predicted molar refractivity (Wildman–Crippen MR) is 60.1 cm³/mol. The van der Waals surface area contributed by atoms with E-state index in [1.165, 1.54) is 51.4 Å². The highest BCUT2D eigenvalue weighted by atomic mass is 32.1. The van der Waals surface area contributed by atoms with Crippen molar-refractivity contribution in [3.63, 3.8) is 0 Å². The van der Waals surface area contributed by atoms with Gasteiger partial charge in [0.1, 0.15) is 0 Å². The number of rotatable bonds is 0. The summed E-state index contributed by atoms with van der Waals surface area (Å²) in [5.74, 6) is 0. The topological polar surface area (TPSA) is 9.23 Å². The second kappa shape index (κ2) is 7.31. The maximum atomic E-state index is 5.45. The van der Waals surface area contributed by atoms with E-state index in [1.807, 2.05) is 0 Å². The fourth-order valence-corrected chi connectivity index (χ4v) is 1.92. The molecule has 0 bridgehead atoms. The molecule has 0 saturated carbocycles. The van der Waals surface area contributed by atoms with E-state index in [1.54, 1.807) is 0 Å². The third-order valence-corrected chi connectivity index (χ3v) is 2.86. The van der Waals surface area contributed by atoms with Crippen molar-refractivity contribution in [3.05, 3.63) is 0 Å². The second-order valence-corrected chi connectivity index (χ2v) is 4.25. The molecule has 0 aromatic rings. The molecule has 2 heteroatoms. The molecular formula is C11H20OS. The van der Waals surface area contributed by atoms with Crippen LogP contribution < -0.4 is 0 Å². The largest absolute Gasteiger partial charge is 0.487 e. The molecule has 1 nitrogen and oxygen atoms in total. The van der Waals surface area contributed by atoms with Gasteiger partial charge in [-0.25, -0.2) is 0 Å². The molecule has 1 rings (SSSR count). The molecule has 0 N–H and O–H groups in total. The minimum absolute atomic E-state index is 0.834. The van der Waals surface area contributed by atoms with Crippen molar-refractivity contribution < 1.29 is 4.74 Å². The SMILES string of the molecule is S=C1CCCCCCCCCCO1. The van der Waals surface area contributed by atoms with Crippen LogP contribution in [0.4, 0.5) is 0 Å². The Morgan fingerprint density at radius 2 is 1.31 bits per heavy atom. The zero-order valence-corrected chi connectivity index (χ0v) is 9.20. The molecule has 0 aliphatic carbocycles. The molecular weight excluding hydrogens is 180 g/mol. The standard InChI is InChI=1S/C11H20OS/c13-11-9-7-5-3-1-2-4-6-8-10-12-11/h1-10H2. The van der Waals surface area contributed by atoms with Crippen molar-refractivity contribution in [2.45, 2.75) is 57.8 Å². The Morgan fingerprint density at radius 3 is 2.00 bits per heavy atom. The molecule has 0 atom stereocenters. The van der Waals surface area contributed by atoms with Gasteiger partial charge in [0, 0.05) is 6.42 Å². The van der Waals surface area contributed by atoms with Crippen molar-refractivity contribution in [3.8, 4) is 0 Å². The smallest absolute Gasteiger partial charge is 0.159 e. The molecule has 0 spiro atoms. The molecule has 0 unspecified atom stereocenters. The van der Waals surface area contributed by atoms with Crippen LogP contribution in [-0.4, -0.2) is 11.7 Å². The lowest BCUT2D eigenvalue weighted by molar-refractivity contribution is 0.289. The maximum absolute atomic E-state index is 5.45. The minimum Gasteiger partial charge on any atom is -0.487 e. The summed E-state index contributed by atoms with van der Waals surface area (Å²) >= 11 is 5.11. The molecule has 1 fully saturated rings. The first-order valence-corrected chi connectivity index (χ1v) is 5.96. The van der Waals surface area contributed by atoms with E-state index in [9.17, 15) is 0 Å². The lowest BCUT2D eigenvalue weighted by Crippen LogP contribution is -2.03. The van der Waals surface area contributed by atoms with Gasteiger partial charge in [-0.2, -0.15) is 0 Å². The average molecular weight is 200 g/mol. The summed E-state index contributed by atoms with van der Waals surface area (Å²) in [5, 5.41) is 0.834. The highest BCUT2D eigenvalue weighted by Gasteiger charge is 2.00. The molecule has 76 valence electrons. The summed E-state index contributed by atoms with van der Waals surface area (Å²) in [5.41, 5.74) is 0. The van der Waals surface area contributed by atoms with Gasteiger partial charge in [0.15, 0.2) is 5.05 Å². The van der Waals surface area contributed by atoms with E-state index in [0.717, 1.165) is 18.1 Å². The summed E-state index contributed by atoms with van der Waals surface area (Å²) in [6, 6.07) is 0. The van der Waals surface area contributed by atoms with Crippen molar-refractivity contribution in [2.75, 3.05) is 6.61 Å².